The zero-order chi connectivity index (χ0) is 17.6. The molecule has 126 valence electrons. The van der Waals surface area contributed by atoms with Crippen LogP contribution in [0.2, 0.25) is 10.0 Å². The van der Waals surface area contributed by atoms with Gasteiger partial charge in [-0.25, -0.2) is 4.79 Å². The van der Waals surface area contributed by atoms with Crippen molar-refractivity contribution in [2.45, 2.75) is 39.8 Å². The number of amides is 1. The Kier molecular flexibility index (Phi) is 7.59. The van der Waals surface area contributed by atoms with E-state index in [9.17, 15) is 9.59 Å². The fraction of sp³-hybridized carbons (Fsp3) is 0.412. The van der Waals surface area contributed by atoms with Gasteiger partial charge in [-0.15, -0.1) is 0 Å². The van der Waals surface area contributed by atoms with E-state index in [2.05, 4.69) is 0 Å². The maximum Gasteiger partial charge on any atom is 0.331 e. The minimum absolute atomic E-state index is 0.0459. The number of hydrogen-bond acceptors (Lipinski definition) is 3. The summed E-state index contributed by atoms with van der Waals surface area (Å²) in [6, 6.07) is 5.04. The molecule has 0 aliphatic rings. The summed E-state index contributed by atoms with van der Waals surface area (Å²) in [5.74, 6) is -0.821. The lowest BCUT2D eigenvalue weighted by atomic mass is 10.2. The first kappa shape index (κ1) is 19.5. The highest BCUT2D eigenvalue weighted by molar-refractivity contribution is 6.35. The van der Waals surface area contributed by atoms with Gasteiger partial charge in [0.2, 0.25) is 0 Å². The molecule has 0 heterocycles. The smallest absolute Gasteiger partial charge is 0.331 e. The Morgan fingerprint density at radius 2 is 1.78 bits per heavy atom. The summed E-state index contributed by atoms with van der Waals surface area (Å²) in [4.78, 5) is 25.5. The molecule has 0 atom stereocenters. The van der Waals surface area contributed by atoms with Crippen molar-refractivity contribution < 1.29 is 14.3 Å². The second-order valence-corrected chi connectivity index (χ2v) is 6.44. The van der Waals surface area contributed by atoms with E-state index in [-0.39, 0.29) is 24.6 Å². The monoisotopic (exact) mass is 357 g/mol. The SMILES string of the molecule is CC(C)N(C(=O)COC(=O)/C=C/c1ccc(Cl)cc1Cl)C(C)C. The van der Waals surface area contributed by atoms with Gasteiger partial charge >= 0.3 is 5.97 Å². The fourth-order valence-corrected chi connectivity index (χ4v) is 2.69. The second-order valence-electron chi connectivity index (χ2n) is 5.60. The van der Waals surface area contributed by atoms with Crippen molar-refractivity contribution >= 4 is 41.2 Å². The van der Waals surface area contributed by atoms with E-state index in [0.29, 0.717) is 15.6 Å². The first-order valence-electron chi connectivity index (χ1n) is 7.33. The summed E-state index contributed by atoms with van der Waals surface area (Å²) >= 11 is 11.8. The van der Waals surface area contributed by atoms with Crippen LogP contribution in [0.1, 0.15) is 33.3 Å². The van der Waals surface area contributed by atoms with Crippen LogP contribution in [-0.4, -0.2) is 35.5 Å². The molecule has 0 aliphatic heterocycles. The fourth-order valence-electron chi connectivity index (χ4n) is 2.22. The topological polar surface area (TPSA) is 46.6 Å². The molecule has 6 heteroatoms. The molecule has 1 amide bonds. The molecule has 1 aromatic carbocycles. The average molecular weight is 358 g/mol. The Hall–Kier alpha value is -1.52. The number of hydrogen-bond donors (Lipinski definition) is 0. The van der Waals surface area contributed by atoms with Gasteiger partial charge in [0.25, 0.3) is 5.91 Å². The summed E-state index contributed by atoms with van der Waals surface area (Å²) in [7, 11) is 0. The molecular weight excluding hydrogens is 337 g/mol. The van der Waals surface area contributed by atoms with Crippen LogP contribution in [0.4, 0.5) is 0 Å². The maximum atomic E-state index is 12.1. The molecule has 1 rings (SSSR count). The lowest BCUT2D eigenvalue weighted by Crippen LogP contribution is -2.44. The normalized spacial score (nSPS) is 11.3. The van der Waals surface area contributed by atoms with Crippen LogP contribution in [0.3, 0.4) is 0 Å². The lowest BCUT2D eigenvalue weighted by molar-refractivity contribution is -0.150. The quantitative estimate of drug-likeness (QED) is 0.566. The molecular formula is C17H21Cl2NO3. The number of carbonyl (C=O) groups is 2. The van der Waals surface area contributed by atoms with E-state index in [1.165, 1.54) is 12.2 Å². The Bertz CT molecular complexity index is 590. The molecule has 0 radical (unpaired) electrons. The van der Waals surface area contributed by atoms with Crippen LogP contribution in [0.25, 0.3) is 6.08 Å². The molecule has 0 spiro atoms. The highest BCUT2D eigenvalue weighted by Crippen LogP contribution is 2.21. The molecule has 0 saturated heterocycles. The van der Waals surface area contributed by atoms with Crippen molar-refractivity contribution in [2.75, 3.05) is 6.61 Å². The van der Waals surface area contributed by atoms with E-state index in [4.69, 9.17) is 27.9 Å². The average Bonchev–Trinajstić information content (AvgIpc) is 2.43. The Labute approximate surface area is 147 Å². The van der Waals surface area contributed by atoms with Gasteiger partial charge in [-0.2, -0.15) is 0 Å². The number of nitrogens with zero attached hydrogens (tertiary/aromatic N) is 1. The predicted octanol–water partition coefficient (Wildman–Crippen LogP) is 4.20. The number of benzene rings is 1. The third-order valence-electron chi connectivity index (χ3n) is 3.10. The van der Waals surface area contributed by atoms with Gasteiger partial charge in [0.15, 0.2) is 6.61 Å². The van der Waals surface area contributed by atoms with E-state index in [1.54, 1.807) is 23.1 Å². The van der Waals surface area contributed by atoms with Gasteiger partial charge in [-0.3, -0.25) is 4.79 Å². The number of halogens is 2. The van der Waals surface area contributed by atoms with Crippen molar-refractivity contribution in [3.8, 4) is 0 Å². The zero-order valence-corrected chi connectivity index (χ0v) is 15.2. The standard InChI is InChI=1S/C17H21Cl2NO3/c1-11(2)20(12(3)4)16(21)10-23-17(22)8-6-13-5-7-14(18)9-15(13)19/h5-9,11-12H,10H2,1-4H3/b8-6+. The van der Waals surface area contributed by atoms with Crippen molar-refractivity contribution in [3.05, 3.63) is 39.9 Å². The van der Waals surface area contributed by atoms with Crippen LogP contribution in [0, 0.1) is 0 Å². The molecule has 23 heavy (non-hydrogen) atoms. The third-order valence-corrected chi connectivity index (χ3v) is 3.66. The van der Waals surface area contributed by atoms with Gasteiger partial charge in [0.05, 0.1) is 0 Å². The van der Waals surface area contributed by atoms with Crippen LogP contribution < -0.4 is 0 Å². The first-order valence-corrected chi connectivity index (χ1v) is 8.09. The van der Waals surface area contributed by atoms with Crippen molar-refractivity contribution in [1.29, 1.82) is 0 Å². The van der Waals surface area contributed by atoms with Crippen LogP contribution in [0.15, 0.2) is 24.3 Å². The summed E-state index contributed by atoms with van der Waals surface area (Å²) in [5.41, 5.74) is 0.644. The number of carbonyl (C=O) groups excluding carboxylic acids is 2. The van der Waals surface area contributed by atoms with E-state index in [0.717, 1.165) is 0 Å². The summed E-state index contributed by atoms with van der Waals surface area (Å²) in [6.45, 7) is 7.39. The second kappa shape index (κ2) is 8.94. The van der Waals surface area contributed by atoms with Crippen LogP contribution in [-0.2, 0) is 14.3 Å². The molecule has 1 aromatic rings. The molecule has 0 fully saturated rings. The largest absolute Gasteiger partial charge is 0.452 e. The molecule has 0 unspecified atom stereocenters. The molecule has 0 N–H and O–H groups in total. The third kappa shape index (κ3) is 6.24. The van der Waals surface area contributed by atoms with E-state index in [1.807, 2.05) is 27.7 Å². The Morgan fingerprint density at radius 3 is 2.30 bits per heavy atom. The number of esters is 1. The summed E-state index contributed by atoms with van der Waals surface area (Å²) in [6.07, 6.45) is 2.76. The Morgan fingerprint density at radius 1 is 1.17 bits per heavy atom. The van der Waals surface area contributed by atoms with Gasteiger partial charge < -0.3 is 9.64 Å². The highest BCUT2D eigenvalue weighted by atomic mass is 35.5. The molecule has 0 saturated carbocycles. The number of ether oxygens (including phenoxy) is 1. The molecule has 0 bridgehead atoms. The van der Waals surface area contributed by atoms with Gasteiger partial charge in [0, 0.05) is 28.2 Å². The Balaban J connectivity index is 2.60. The van der Waals surface area contributed by atoms with Crippen LogP contribution >= 0.6 is 23.2 Å². The lowest BCUT2D eigenvalue weighted by Gasteiger charge is -2.30. The predicted molar refractivity (Wildman–Crippen MR) is 93.6 cm³/mol. The van der Waals surface area contributed by atoms with Crippen molar-refractivity contribution in [1.82, 2.24) is 4.90 Å². The molecule has 0 aliphatic carbocycles. The summed E-state index contributed by atoms with van der Waals surface area (Å²) < 4.78 is 4.98. The van der Waals surface area contributed by atoms with E-state index < -0.39 is 5.97 Å². The number of rotatable bonds is 6. The molecule has 0 aromatic heterocycles. The van der Waals surface area contributed by atoms with Gasteiger partial charge in [-0.1, -0.05) is 29.3 Å². The van der Waals surface area contributed by atoms with Crippen molar-refractivity contribution in [2.24, 2.45) is 0 Å². The highest BCUT2D eigenvalue weighted by Gasteiger charge is 2.20. The van der Waals surface area contributed by atoms with E-state index >= 15 is 0 Å². The minimum Gasteiger partial charge on any atom is -0.452 e. The minimum atomic E-state index is -0.600. The zero-order valence-electron chi connectivity index (χ0n) is 13.7. The van der Waals surface area contributed by atoms with Gasteiger partial charge in [-0.05, 0) is 51.5 Å². The maximum absolute atomic E-state index is 12.1. The van der Waals surface area contributed by atoms with Crippen LogP contribution in [0.5, 0.6) is 0 Å². The van der Waals surface area contributed by atoms with Crippen molar-refractivity contribution in [3.63, 3.8) is 0 Å². The first-order chi connectivity index (χ1) is 10.7. The molecule has 4 nitrogen and oxygen atoms in total. The van der Waals surface area contributed by atoms with Gasteiger partial charge in [0.1, 0.15) is 0 Å². The summed E-state index contributed by atoms with van der Waals surface area (Å²) in [5, 5.41) is 0.950.